The van der Waals surface area contributed by atoms with Crippen molar-refractivity contribution >= 4 is 11.3 Å². The van der Waals surface area contributed by atoms with Crippen LogP contribution in [0, 0.1) is 0 Å². The summed E-state index contributed by atoms with van der Waals surface area (Å²) < 4.78 is 0. The largest absolute Gasteiger partial charge is 0.307 e. The van der Waals surface area contributed by atoms with Gasteiger partial charge in [0.05, 0.1) is 0 Å². The van der Waals surface area contributed by atoms with Crippen molar-refractivity contribution in [1.29, 1.82) is 0 Å². The van der Waals surface area contributed by atoms with Crippen LogP contribution in [0.3, 0.4) is 0 Å². The molecule has 1 aromatic heterocycles. The molecular formula is C17H29NS. The van der Waals surface area contributed by atoms with Gasteiger partial charge in [-0.2, -0.15) is 0 Å². The van der Waals surface area contributed by atoms with Crippen LogP contribution in [0.15, 0.2) is 11.4 Å². The van der Waals surface area contributed by atoms with E-state index in [-0.39, 0.29) is 0 Å². The molecule has 0 bridgehead atoms. The highest BCUT2D eigenvalue weighted by atomic mass is 32.1. The van der Waals surface area contributed by atoms with Crippen LogP contribution in [-0.2, 0) is 6.42 Å². The predicted octanol–water partition coefficient (Wildman–Crippen LogP) is 5.46. The lowest BCUT2D eigenvalue weighted by Gasteiger charge is -2.27. The number of rotatable bonds is 8. The fraction of sp³-hybridized carbons (Fsp3) is 0.765. The van der Waals surface area contributed by atoms with Crippen LogP contribution in [0.2, 0.25) is 0 Å². The first-order valence-electron chi connectivity index (χ1n) is 8.13. The Hall–Kier alpha value is -0.340. The minimum Gasteiger partial charge on any atom is -0.307 e. The fourth-order valence-electron chi connectivity index (χ4n) is 3.14. The summed E-state index contributed by atoms with van der Waals surface area (Å²) in [6.07, 6.45) is 12.3. The topological polar surface area (TPSA) is 12.0 Å². The second-order valence-electron chi connectivity index (χ2n) is 6.01. The van der Waals surface area contributed by atoms with Crippen LogP contribution in [0.25, 0.3) is 0 Å². The number of hydrogen-bond donors (Lipinski definition) is 1. The van der Waals surface area contributed by atoms with Crippen molar-refractivity contribution in [3.05, 3.63) is 21.9 Å². The number of nitrogens with one attached hydrogen (secondary N) is 1. The Morgan fingerprint density at radius 1 is 1.32 bits per heavy atom. The van der Waals surface area contributed by atoms with Crippen LogP contribution in [0.1, 0.15) is 81.7 Å². The summed E-state index contributed by atoms with van der Waals surface area (Å²) in [6, 6.07) is 3.63. The van der Waals surface area contributed by atoms with E-state index in [0.29, 0.717) is 12.1 Å². The first-order chi connectivity index (χ1) is 9.31. The van der Waals surface area contributed by atoms with Crippen LogP contribution >= 0.6 is 11.3 Å². The Labute approximate surface area is 122 Å². The molecular weight excluding hydrogens is 250 g/mol. The van der Waals surface area contributed by atoms with E-state index < -0.39 is 0 Å². The molecule has 0 amide bonds. The third kappa shape index (κ3) is 4.61. The Kier molecular flexibility index (Phi) is 6.39. The molecule has 0 aromatic carbocycles. The molecule has 0 saturated carbocycles. The van der Waals surface area contributed by atoms with E-state index in [1.165, 1.54) is 57.8 Å². The average Bonchev–Trinajstić information content (AvgIpc) is 2.88. The highest BCUT2D eigenvalue weighted by Crippen LogP contribution is 2.33. The zero-order chi connectivity index (χ0) is 13.5. The molecule has 1 aromatic rings. The van der Waals surface area contributed by atoms with Crippen molar-refractivity contribution in [2.24, 2.45) is 0 Å². The summed E-state index contributed by atoms with van der Waals surface area (Å²) in [5, 5.41) is 6.12. The standard InChI is InChI=1S/C17H29NS/c1-3-4-5-6-7-9-14(2)18-16-10-8-11-17-15(16)12-13-19-17/h12-14,16,18H,3-11H2,1-2H3. The van der Waals surface area contributed by atoms with E-state index >= 15 is 0 Å². The fourth-order valence-corrected chi connectivity index (χ4v) is 4.13. The van der Waals surface area contributed by atoms with Crippen molar-refractivity contribution in [1.82, 2.24) is 5.32 Å². The summed E-state index contributed by atoms with van der Waals surface area (Å²) in [5.74, 6) is 0. The maximum absolute atomic E-state index is 3.86. The maximum Gasteiger partial charge on any atom is 0.0333 e. The second kappa shape index (κ2) is 8.06. The average molecular weight is 279 g/mol. The molecule has 0 fully saturated rings. The van der Waals surface area contributed by atoms with Gasteiger partial charge in [0.15, 0.2) is 0 Å². The molecule has 1 N–H and O–H groups in total. The molecule has 1 aliphatic carbocycles. The van der Waals surface area contributed by atoms with Crippen molar-refractivity contribution in [2.75, 3.05) is 0 Å². The Morgan fingerprint density at radius 2 is 2.16 bits per heavy atom. The molecule has 2 heteroatoms. The molecule has 0 saturated heterocycles. The summed E-state index contributed by atoms with van der Waals surface area (Å²) in [4.78, 5) is 1.62. The zero-order valence-corrected chi connectivity index (χ0v) is 13.4. The second-order valence-corrected chi connectivity index (χ2v) is 7.02. The normalized spacial score (nSPS) is 20.2. The molecule has 0 spiro atoms. The minimum atomic E-state index is 0.626. The number of fused-ring (bicyclic) bond motifs is 1. The van der Waals surface area contributed by atoms with E-state index in [1.54, 1.807) is 10.4 Å². The van der Waals surface area contributed by atoms with Gasteiger partial charge < -0.3 is 5.32 Å². The molecule has 1 aliphatic rings. The van der Waals surface area contributed by atoms with Gasteiger partial charge in [0.2, 0.25) is 0 Å². The molecule has 2 rings (SSSR count). The Balaban J connectivity index is 1.70. The van der Waals surface area contributed by atoms with Crippen LogP contribution in [0.5, 0.6) is 0 Å². The molecule has 1 heterocycles. The summed E-state index contributed by atoms with van der Waals surface area (Å²) >= 11 is 1.94. The predicted molar refractivity (Wildman–Crippen MR) is 86.0 cm³/mol. The van der Waals surface area contributed by atoms with Crippen molar-refractivity contribution in [3.8, 4) is 0 Å². The van der Waals surface area contributed by atoms with Gasteiger partial charge in [0.25, 0.3) is 0 Å². The monoisotopic (exact) mass is 279 g/mol. The first-order valence-corrected chi connectivity index (χ1v) is 9.01. The lowest BCUT2D eigenvalue weighted by atomic mass is 9.93. The molecule has 108 valence electrons. The van der Waals surface area contributed by atoms with Gasteiger partial charge in [0.1, 0.15) is 0 Å². The molecule has 2 atom stereocenters. The lowest BCUT2D eigenvalue weighted by Crippen LogP contribution is -2.32. The SMILES string of the molecule is CCCCCCCC(C)NC1CCCc2sccc21. The van der Waals surface area contributed by atoms with E-state index in [9.17, 15) is 0 Å². The number of aryl methyl sites for hydroxylation is 1. The molecule has 0 aliphatic heterocycles. The van der Waals surface area contributed by atoms with Gasteiger partial charge in [-0.15, -0.1) is 11.3 Å². The van der Waals surface area contributed by atoms with E-state index in [4.69, 9.17) is 0 Å². The van der Waals surface area contributed by atoms with E-state index in [0.717, 1.165) is 0 Å². The number of unbranched alkanes of at least 4 members (excludes halogenated alkanes) is 4. The Morgan fingerprint density at radius 3 is 3.00 bits per heavy atom. The molecule has 2 unspecified atom stereocenters. The molecule has 0 radical (unpaired) electrons. The summed E-state index contributed by atoms with van der Waals surface area (Å²) in [5.41, 5.74) is 1.59. The smallest absolute Gasteiger partial charge is 0.0333 e. The van der Waals surface area contributed by atoms with Gasteiger partial charge in [-0.25, -0.2) is 0 Å². The van der Waals surface area contributed by atoms with Crippen molar-refractivity contribution in [2.45, 2.75) is 83.7 Å². The number of hydrogen-bond acceptors (Lipinski definition) is 2. The number of thiophene rings is 1. The summed E-state index contributed by atoms with van der Waals surface area (Å²) in [7, 11) is 0. The van der Waals surface area contributed by atoms with E-state index in [1.807, 2.05) is 11.3 Å². The van der Waals surface area contributed by atoms with E-state index in [2.05, 4.69) is 30.6 Å². The first kappa shape index (κ1) is 15.1. The highest BCUT2D eigenvalue weighted by Gasteiger charge is 2.21. The molecule has 1 nitrogen and oxygen atoms in total. The van der Waals surface area contributed by atoms with Crippen LogP contribution < -0.4 is 5.32 Å². The van der Waals surface area contributed by atoms with Gasteiger partial charge in [-0.05, 0) is 49.6 Å². The third-order valence-corrected chi connectivity index (χ3v) is 5.27. The minimum absolute atomic E-state index is 0.626. The van der Waals surface area contributed by atoms with Crippen LogP contribution in [-0.4, -0.2) is 6.04 Å². The third-order valence-electron chi connectivity index (χ3n) is 4.28. The van der Waals surface area contributed by atoms with Crippen molar-refractivity contribution < 1.29 is 0 Å². The quantitative estimate of drug-likeness (QED) is 0.623. The Bertz CT molecular complexity index is 358. The lowest BCUT2D eigenvalue weighted by molar-refractivity contribution is 0.388. The van der Waals surface area contributed by atoms with Crippen LogP contribution in [0.4, 0.5) is 0 Å². The highest BCUT2D eigenvalue weighted by molar-refractivity contribution is 7.10. The summed E-state index contributed by atoms with van der Waals surface area (Å²) in [6.45, 7) is 4.65. The molecule has 19 heavy (non-hydrogen) atoms. The van der Waals surface area contributed by atoms with Gasteiger partial charge in [-0.3, -0.25) is 0 Å². The van der Waals surface area contributed by atoms with Gasteiger partial charge in [0, 0.05) is 17.0 Å². The maximum atomic E-state index is 3.86. The van der Waals surface area contributed by atoms with Gasteiger partial charge in [-0.1, -0.05) is 39.0 Å². The van der Waals surface area contributed by atoms with Crippen molar-refractivity contribution in [3.63, 3.8) is 0 Å². The van der Waals surface area contributed by atoms with Gasteiger partial charge >= 0.3 is 0 Å². The zero-order valence-electron chi connectivity index (χ0n) is 12.6.